The van der Waals surface area contributed by atoms with Crippen molar-refractivity contribution in [2.45, 2.75) is 6.04 Å². The molecule has 242 valence electrons. The number of fused-ring (bicyclic) bond motifs is 6. The molecule has 0 saturated carbocycles. The molecule has 0 bridgehead atoms. The quantitative estimate of drug-likeness (QED) is 0.180. The first kappa shape index (κ1) is 29.3. The molecule has 0 saturated heterocycles. The summed E-state index contributed by atoms with van der Waals surface area (Å²) in [6.45, 7) is 0. The molecule has 0 amide bonds. The number of likely N-dealkylation sites (N-methyl/N-ethyl adjacent to an activating group) is 1. The van der Waals surface area contributed by atoms with Crippen LogP contribution in [0.1, 0.15) is 11.6 Å². The van der Waals surface area contributed by atoms with Gasteiger partial charge in [0.15, 0.2) is 0 Å². The average molecular weight is 654 g/mol. The minimum absolute atomic E-state index is 0.104. The zero-order chi connectivity index (χ0) is 33.9. The largest absolute Gasteiger partial charge is 0.350 e. The summed E-state index contributed by atoms with van der Waals surface area (Å²) in [5.41, 5.74) is 12.2. The van der Waals surface area contributed by atoms with E-state index in [0.717, 1.165) is 5.82 Å². The van der Waals surface area contributed by atoms with Gasteiger partial charge in [-0.15, -0.1) is 0 Å². The molecule has 0 aliphatic carbocycles. The smallest absolute Gasteiger partial charge is 0.114 e. The first-order valence-electron chi connectivity index (χ1n) is 17.6. The Kier molecular flexibility index (Phi) is 6.78. The monoisotopic (exact) mass is 653 g/mol. The van der Waals surface area contributed by atoms with Crippen LogP contribution < -0.4 is 0 Å². The molecule has 9 aromatic rings. The van der Waals surface area contributed by atoms with Gasteiger partial charge in [-0.05, 0) is 70.3 Å². The molecule has 0 fully saturated rings. The molecular formula is C48H35N3. The van der Waals surface area contributed by atoms with E-state index in [1.165, 1.54) is 77.1 Å². The summed E-state index contributed by atoms with van der Waals surface area (Å²) in [7, 11) is 2.21. The van der Waals surface area contributed by atoms with E-state index in [1.807, 2.05) is 0 Å². The van der Waals surface area contributed by atoms with Gasteiger partial charge in [0.2, 0.25) is 0 Å². The molecule has 0 radical (unpaired) electrons. The highest BCUT2D eigenvalue weighted by molar-refractivity contribution is 6.12. The lowest BCUT2D eigenvalue weighted by molar-refractivity contribution is 0.395. The van der Waals surface area contributed by atoms with E-state index in [1.54, 1.807) is 0 Å². The molecule has 0 spiro atoms. The van der Waals surface area contributed by atoms with Crippen LogP contribution in [0.15, 0.2) is 188 Å². The molecule has 10 rings (SSSR count). The molecule has 1 atom stereocenters. The fourth-order valence-electron chi connectivity index (χ4n) is 8.11. The van der Waals surface area contributed by atoms with Gasteiger partial charge in [0.05, 0.1) is 28.1 Å². The highest BCUT2D eigenvalue weighted by atomic mass is 15.3. The minimum atomic E-state index is 0.104. The lowest BCUT2D eigenvalue weighted by Gasteiger charge is -2.33. The third-order valence-electron chi connectivity index (χ3n) is 10.6. The number of para-hydroxylation sites is 3. The van der Waals surface area contributed by atoms with Gasteiger partial charge in [-0.3, -0.25) is 4.57 Å². The first-order valence-corrected chi connectivity index (χ1v) is 17.6. The van der Waals surface area contributed by atoms with Crippen molar-refractivity contribution in [2.75, 3.05) is 7.05 Å². The zero-order valence-electron chi connectivity index (χ0n) is 28.3. The van der Waals surface area contributed by atoms with E-state index in [0.29, 0.717) is 0 Å². The molecule has 2 aromatic heterocycles. The summed E-state index contributed by atoms with van der Waals surface area (Å²) in [5, 5.41) is 5.04. The lowest BCUT2D eigenvalue weighted by Crippen LogP contribution is -2.26. The number of hydrogen-bond acceptors (Lipinski definition) is 1. The third-order valence-corrected chi connectivity index (χ3v) is 10.6. The Balaban J connectivity index is 1.01. The molecule has 0 N–H and O–H groups in total. The summed E-state index contributed by atoms with van der Waals surface area (Å²) in [4.78, 5) is 2.40. The fourth-order valence-corrected chi connectivity index (χ4v) is 8.11. The van der Waals surface area contributed by atoms with Gasteiger partial charge in [0.1, 0.15) is 5.82 Å². The Labute approximate surface area is 297 Å². The Morgan fingerprint density at radius 2 is 0.882 bits per heavy atom. The Morgan fingerprint density at radius 1 is 0.412 bits per heavy atom. The molecule has 7 aromatic carbocycles. The van der Waals surface area contributed by atoms with Gasteiger partial charge < -0.3 is 9.47 Å². The normalized spacial score (nSPS) is 14.6. The van der Waals surface area contributed by atoms with Crippen LogP contribution in [0.25, 0.3) is 77.4 Å². The maximum absolute atomic E-state index is 2.43. The predicted octanol–water partition coefficient (Wildman–Crippen LogP) is 12.3. The van der Waals surface area contributed by atoms with Crippen LogP contribution in [0.3, 0.4) is 0 Å². The lowest BCUT2D eigenvalue weighted by atomic mass is 9.97. The molecule has 3 heteroatoms. The molecular weight excluding hydrogens is 619 g/mol. The van der Waals surface area contributed by atoms with Crippen LogP contribution in [-0.4, -0.2) is 21.1 Å². The van der Waals surface area contributed by atoms with E-state index in [4.69, 9.17) is 0 Å². The topological polar surface area (TPSA) is 13.1 Å². The second-order valence-corrected chi connectivity index (χ2v) is 13.5. The summed E-state index contributed by atoms with van der Waals surface area (Å²) >= 11 is 0. The van der Waals surface area contributed by atoms with Crippen molar-refractivity contribution in [3.05, 3.63) is 194 Å². The second-order valence-electron chi connectivity index (χ2n) is 13.5. The van der Waals surface area contributed by atoms with Crippen LogP contribution in [0.2, 0.25) is 0 Å². The van der Waals surface area contributed by atoms with Crippen molar-refractivity contribution in [3.8, 4) is 27.9 Å². The summed E-state index contributed by atoms with van der Waals surface area (Å²) in [5.74, 6) is 1.15. The minimum Gasteiger partial charge on any atom is -0.350 e. The van der Waals surface area contributed by atoms with Gasteiger partial charge in [0.25, 0.3) is 0 Å². The Morgan fingerprint density at radius 3 is 1.49 bits per heavy atom. The molecule has 3 nitrogen and oxygen atoms in total. The molecule has 51 heavy (non-hydrogen) atoms. The fraction of sp³-hybridized carbons (Fsp3) is 0.0417. The molecule has 3 heterocycles. The van der Waals surface area contributed by atoms with E-state index in [9.17, 15) is 0 Å². The van der Waals surface area contributed by atoms with E-state index >= 15 is 0 Å². The number of allylic oxidation sites excluding steroid dienone is 2. The van der Waals surface area contributed by atoms with Crippen LogP contribution in [0.4, 0.5) is 0 Å². The van der Waals surface area contributed by atoms with Crippen LogP contribution >= 0.6 is 0 Å². The molecule has 1 aliphatic rings. The van der Waals surface area contributed by atoms with E-state index in [2.05, 4.69) is 209 Å². The van der Waals surface area contributed by atoms with Crippen molar-refractivity contribution < 1.29 is 0 Å². The standard InChI is InChI=1S/C48H35N3/c1-49-43(37-28-26-36(27-29-37)35-24-22-34(23-25-35)33-12-3-2-4-13-33)20-11-21-48(49)51-46-19-10-7-16-41(46)42-32-38(30-31-47(42)51)50-44-17-8-5-14-39(44)40-15-6-9-18-45(40)50/h2-32,43H,1H3. The highest BCUT2D eigenvalue weighted by Gasteiger charge is 2.24. The predicted molar refractivity (Wildman–Crippen MR) is 215 cm³/mol. The van der Waals surface area contributed by atoms with E-state index < -0.39 is 0 Å². The molecule has 1 aliphatic heterocycles. The maximum atomic E-state index is 2.43. The number of nitrogens with zero attached hydrogens (tertiary/aromatic N) is 3. The van der Waals surface area contributed by atoms with Crippen molar-refractivity contribution in [1.82, 2.24) is 14.0 Å². The van der Waals surface area contributed by atoms with Gasteiger partial charge in [-0.25, -0.2) is 0 Å². The summed E-state index contributed by atoms with van der Waals surface area (Å²) in [6, 6.07) is 61.8. The SMILES string of the molecule is CN1C(n2c3ccccc3c3cc(-n4c5ccccc5c5ccccc54)ccc32)=CC=CC1c1ccc(-c2ccc(-c3ccccc3)cc2)cc1. The van der Waals surface area contributed by atoms with Crippen LogP contribution in [0, 0.1) is 0 Å². The van der Waals surface area contributed by atoms with Crippen molar-refractivity contribution in [2.24, 2.45) is 0 Å². The van der Waals surface area contributed by atoms with Gasteiger partial charge in [-0.1, -0.05) is 146 Å². The average Bonchev–Trinajstić information content (AvgIpc) is 3.71. The Bertz CT molecular complexity index is 2740. The molecule has 1 unspecified atom stereocenters. The van der Waals surface area contributed by atoms with Crippen molar-refractivity contribution >= 4 is 49.4 Å². The number of rotatable bonds is 5. The first-order chi connectivity index (χ1) is 25.2. The van der Waals surface area contributed by atoms with Gasteiger partial charge in [-0.2, -0.15) is 0 Å². The van der Waals surface area contributed by atoms with Crippen LogP contribution in [0.5, 0.6) is 0 Å². The van der Waals surface area contributed by atoms with Crippen molar-refractivity contribution in [3.63, 3.8) is 0 Å². The maximum Gasteiger partial charge on any atom is 0.114 e. The highest BCUT2D eigenvalue weighted by Crippen LogP contribution is 2.39. The van der Waals surface area contributed by atoms with Crippen LogP contribution in [-0.2, 0) is 0 Å². The number of aromatic nitrogens is 2. The zero-order valence-corrected chi connectivity index (χ0v) is 28.3. The van der Waals surface area contributed by atoms with Crippen molar-refractivity contribution in [1.29, 1.82) is 0 Å². The summed E-state index contributed by atoms with van der Waals surface area (Å²) in [6.07, 6.45) is 6.75. The summed E-state index contributed by atoms with van der Waals surface area (Å²) < 4.78 is 4.84. The number of benzene rings is 7. The second kappa shape index (κ2) is 11.8. The Hall–Kier alpha value is -6.58. The van der Waals surface area contributed by atoms with Gasteiger partial charge >= 0.3 is 0 Å². The van der Waals surface area contributed by atoms with Gasteiger partial charge in [0, 0.05) is 34.3 Å². The number of hydrogen-bond donors (Lipinski definition) is 0. The van der Waals surface area contributed by atoms with E-state index in [-0.39, 0.29) is 6.04 Å². The third kappa shape index (κ3) is 4.74.